The number of non-ortho nitro benzene ring substituents is 1. The van der Waals surface area contributed by atoms with E-state index in [2.05, 4.69) is 12.2 Å². The van der Waals surface area contributed by atoms with Crippen molar-refractivity contribution in [1.82, 2.24) is 5.32 Å². The van der Waals surface area contributed by atoms with Crippen molar-refractivity contribution in [3.05, 3.63) is 39.9 Å². The van der Waals surface area contributed by atoms with Crippen molar-refractivity contribution < 1.29 is 10.0 Å². The van der Waals surface area contributed by atoms with Crippen molar-refractivity contribution in [3.8, 4) is 0 Å². The lowest BCUT2D eigenvalue weighted by molar-refractivity contribution is -0.384. The maximum absolute atomic E-state index is 10.5. The van der Waals surface area contributed by atoms with E-state index in [1.807, 2.05) is 0 Å². The number of aliphatic hydroxyl groups excluding tert-OH is 1. The standard InChI is InChI=1S/C12H18N2O3/c1-2-3-8-13-9-12(15)10-4-6-11(7-5-10)14(16)17/h4-7,12-13,15H,2-3,8-9H2,1H3/t12-/m0/s1. The maximum Gasteiger partial charge on any atom is 0.269 e. The molecule has 0 spiro atoms. The Hall–Kier alpha value is -1.46. The fourth-order valence-electron chi connectivity index (χ4n) is 1.48. The second-order valence-electron chi connectivity index (χ2n) is 3.92. The molecule has 1 aromatic carbocycles. The van der Waals surface area contributed by atoms with Gasteiger partial charge < -0.3 is 10.4 Å². The Kier molecular flexibility index (Phi) is 5.59. The maximum atomic E-state index is 10.5. The van der Waals surface area contributed by atoms with Crippen LogP contribution in [0.1, 0.15) is 31.4 Å². The lowest BCUT2D eigenvalue weighted by Crippen LogP contribution is -2.22. The normalized spacial score (nSPS) is 12.4. The van der Waals surface area contributed by atoms with Gasteiger partial charge in [0.1, 0.15) is 0 Å². The minimum absolute atomic E-state index is 0.0416. The van der Waals surface area contributed by atoms with Crippen LogP contribution in [-0.4, -0.2) is 23.1 Å². The summed E-state index contributed by atoms with van der Waals surface area (Å²) in [6.07, 6.45) is 1.57. The lowest BCUT2D eigenvalue weighted by atomic mass is 10.1. The van der Waals surface area contributed by atoms with Crippen LogP contribution in [0.5, 0.6) is 0 Å². The molecule has 5 heteroatoms. The van der Waals surface area contributed by atoms with Crippen LogP contribution in [0.25, 0.3) is 0 Å². The van der Waals surface area contributed by atoms with Gasteiger partial charge in [-0.15, -0.1) is 0 Å². The van der Waals surface area contributed by atoms with Crippen molar-refractivity contribution in [2.24, 2.45) is 0 Å². The van der Waals surface area contributed by atoms with E-state index in [0.717, 1.165) is 19.4 Å². The van der Waals surface area contributed by atoms with Gasteiger partial charge in [0.15, 0.2) is 0 Å². The fourth-order valence-corrected chi connectivity index (χ4v) is 1.48. The molecule has 1 rings (SSSR count). The van der Waals surface area contributed by atoms with E-state index in [9.17, 15) is 15.2 Å². The number of benzene rings is 1. The monoisotopic (exact) mass is 238 g/mol. The average molecular weight is 238 g/mol. The van der Waals surface area contributed by atoms with Gasteiger partial charge in [0.05, 0.1) is 11.0 Å². The zero-order chi connectivity index (χ0) is 12.7. The SMILES string of the molecule is CCCCNC[C@H](O)c1ccc([N+](=O)[O-])cc1. The molecule has 5 nitrogen and oxygen atoms in total. The first-order valence-electron chi connectivity index (χ1n) is 5.78. The molecule has 0 amide bonds. The number of nitro groups is 1. The summed E-state index contributed by atoms with van der Waals surface area (Å²) in [5.41, 5.74) is 0.736. The van der Waals surface area contributed by atoms with E-state index < -0.39 is 11.0 Å². The molecule has 0 aromatic heterocycles. The Labute approximate surface area is 101 Å². The predicted molar refractivity (Wildman–Crippen MR) is 65.8 cm³/mol. The van der Waals surface area contributed by atoms with Crippen molar-refractivity contribution in [1.29, 1.82) is 0 Å². The van der Waals surface area contributed by atoms with Gasteiger partial charge in [-0.25, -0.2) is 0 Å². The Balaban J connectivity index is 2.46. The molecule has 1 atom stereocenters. The third-order valence-electron chi connectivity index (χ3n) is 2.53. The summed E-state index contributed by atoms with van der Waals surface area (Å²) in [4.78, 5) is 10.0. The molecule has 0 aliphatic carbocycles. The molecule has 0 heterocycles. The molecule has 2 N–H and O–H groups in total. The highest BCUT2D eigenvalue weighted by Gasteiger charge is 2.09. The Bertz CT molecular complexity index is 351. The average Bonchev–Trinajstić information content (AvgIpc) is 2.34. The highest BCUT2D eigenvalue weighted by Crippen LogP contribution is 2.17. The van der Waals surface area contributed by atoms with Gasteiger partial charge in [-0.1, -0.05) is 13.3 Å². The van der Waals surface area contributed by atoms with Crippen LogP contribution in [0.15, 0.2) is 24.3 Å². The molecule has 0 bridgehead atoms. The summed E-state index contributed by atoms with van der Waals surface area (Å²) in [7, 11) is 0. The van der Waals surface area contributed by atoms with Crippen molar-refractivity contribution in [3.63, 3.8) is 0 Å². The topological polar surface area (TPSA) is 75.4 Å². The van der Waals surface area contributed by atoms with Crippen LogP contribution in [-0.2, 0) is 0 Å². The predicted octanol–water partition coefficient (Wildman–Crippen LogP) is 2.02. The molecule has 1 aromatic rings. The van der Waals surface area contributed by atoms with E-state index in [4.69, 9.17) is 0 Å². The summed E-state index contributed by atoms with van der Waals surface area (Å²) in [5.74, 6) is 0. The lowest BCUT2D eigenvalue weighted by Gasteiger charge is -2.11. The largest absolute Gasteiger partial charge is 0.387 e. The minimum Gasteiger partial charge on any atom is -0.387 e. The van der Waals surface area contributed by atoms with Crippen LogP contribution in [0, 0.1) is 10.1 Å². The van der Waals surface area contributed by atoms with Crippen LogP contribution in [0.2, 0.25) is 0 Å². The fraction of sp³-hybridized carbons (Fsp3) is 0.500. The molecule has 0 saturated heterocycles. The first kappa shape index (κ1) is 13.6. The van der Waals surface area contributed by atoms with Gasteiger partial charge in [-0.05, 0) is 30.7 Å². The first-order valence-corrected chi connectivity index (χ1v) is 5.78. The van der Waals surface area contributed by atoms with Gasteiger partial charge in [0, 0.05) is 18.7 Å². The highest BCUT2D eigenvalue weighted by molar-refractivity contribution is 5.33. The van der Waals surface area contributed by atoms with E-state index in [-0.39, 0.29) is 5.69 Å². The third-order valence-corrected chi connectivity index (χ3v) is 2.53. The summed E-state index contributed by atoms with van der Waals surface area (Å²) >= 11 is 0. The van der Waals surface area contributed by atoms with Crippen molar-refractivity contribution in [2.75, 3.05) is 13.1 Å². The van der Waals surface area contributed by atoms with Crippen LogP contribution in [0.4, 0.5) is 5.69 Å². The highest BCUT2D eigenvalue weighted by atomic mass is 16.6. The number of hydrogen-bond acceptors (Lipinski definition) is 4. The molecule has 0 unspecified atom stereocenters. The zero-order valence-corrected chi connectivity index (χ0v) is 9.93. The molecule has 0 fully saturated rings. The molecule has 0 radical (unpaired) electrons. The third kappa shape index (κ3) is 4.50. The first-order chi connectivity index (χ1) is 8.15. The number of hydrogen-bond donors (Lipinski definition) is 2. The number of nitro benzene ring substituents is 1. The van der Waals surface area contributed by atoms with Crippen molar-refractivity contribution >= 4 is 5.69 Å². The molecule has 94 valence electrons. The summed E-state index contributed by atoms with van der Waals surface area (Å²) in [6.45, 7) is 3.45. The molecule has 0 saturated carbocycles. The second kappa shape index (κ2) is 6.98. The van der Waals surface area contributed by atoms with Crippen molar-refractivity contribution in [2.45, 2.75) is 25.9 Å². The molecular formula is C12H18N2O3. The number of nitrogens with zero attached hydrogens (tertiary/aromatic N) is 1. The molecule has 17 heavy (non-hydrogen) atoms. The second-order valence-corrected chi connectivity index (χ2v) is 3.92. The Morgan fingerprint density at radius 2 is 2.06 bits per heavy atom. The quantitative estimate of drug-likeness (QED) is 0.433. The summed E-state index contributed by atoms with van der Waals surface area (Å²) in [6, 6.07) is 5.99. The van der Waals surface area contributed by atoms with E-state index in [0.29, 0.717) is 12.1 Å². The van der Waals surface area contributed by atoms with Crippen LogP contribution >= 0.6 is 0 Å². The van der Waals surface area contributed by atoms with Gasteiger partial charge >= 0.3 is 0 Å². The number of aliphatic hydroxyl groups is 1. The molecule has 0 aliphatic heterocycles. The van der Waals surface area contributed by atoms with Gasteiger partial charge in [-0.3, -0.25) is 10.1 Å². The Morgan fingerprint density at radius 3 is 2.59 bits per heavy atom. The molecule has 0 aliphatic rings. The van der Waals surface area contributed by atoms with Gasteiger partial charge in [-0.2, -0.15) is 0 Å². The van der Waals surface area contributed by atoms with Gasteiger partial charge in [0.25, 0.3) is 5.69 Å². The van der Waals surface area contributed by atoms with Crippen LogP contribution in [0.3, 0.4) is 0 Å². The van der Waals surface area contributed by atoms with E-state index in [1.165, 1.54) is 12.1 Å². The molecular weight excluding hydrogens is 220 g/mol. The summed E-state index contributed by atoms with van der Waals surface area (Å²) in [5, 5.41) is 23.4. The summed E-state index contributed by atoms with van der Waals surface area (Å²) < 4.78 is 0. The number of rotatable bonds is 7. The number of unbranched alkanes of at least 4 members (excludes halogenated alkanes) is 1. The number of nitrogens with one attached hydrogen (secondary N) is 1. The Morgan fingerprint density at radius 1 is 1.41 bits per heavy atom. The smallest absolute Gasteiger partial charge is 0.269 e. The zero-order valence-electron chi connectivity index (χ0n) is 9.93. The van der Waals surface area contributed by atoms with E-state index >= 15 is 0 Å². The van der Waals surface area contributed by atoms with E-state index in [1.54, 1.807) is 12.1 Å². The van der Waals surface area contributed by atoms with Gasteiger partial charge in [0.2, 0.25) is 0 Å². The van der Waals surface area contributed by atoms with Crippen LogP contribution < -0.4 is 5.32 Å². The minimum atomic E-state index is -0.618.